The van der Waals surface area contributed by atoms with Crippen LogP contribution in [0.2, 0.25) is 5.02 Å². The van der Waals surface area contributed by atoms with Crippen LogP contribution in [0.4, 0.5) is 5.82 Å². The number of rotatable bonds is 5. The number of anilines is 1. The van der Waals surface area contributed by atoms with Crippen LogP contribution in [0, 0.1) is 5.92 Å². The molecule has 2 rings (SSSR count). The van der Waals surface area contributed by atoms with Gasteiger partial charge >= 0.3 is 0 Å². The average Bonchev–Trinajstić information content (AvgIpc) is 2.81. The quantitative estimate of drug-likeness (QED) is 0.887. The highest BCUT2D eigenvalue weighted by molar-refractivity contribution is 6.32. The van der Waals surface area contributed by atoms with Crippen molar-refractivity contribution in [3.05, 3.63) is 42.1 Å². The molecule has 17 heavy (non-hydrogen) atoms. The van der Waals surface area contributed by atoms with Crippen molar-refractivity contribution in [2.75, 3.05) is 11.9 Å². The molecule has 0 saturated carbocycles. The molecule has 4 nitrogen and oxygen atoms in total. The molecule has 1 N–H and O–H groups in total. The van der Waals surface area contributed by atoms with Gasteiger partial charge in [-0.3, -0.25) is 0 Å². The van der Waals surface area contributed by atoms with Gasteiger partial charge in [0.1, 0.15) is 5.82 Å². The third-order valence-electron chi connectivity index (χ3n) is 2.46. The van der Waals surface area contributed by atoms with Crippen molar-refractivity contribution >= 4 is 17.4 Å². The zero-order valence-corrected chi connectivity index (χ0v) is 10.4. The first-order valence-electron chi connectivity index (χ1n) is 5.56. The van der Waals surface area contributed by atoms with Crippen LogP contribution in [-0.2, 0) is 6.54 Å². The molecule has 0 aromatic carbocycles. The van der Waals surface area contributed by atoms with E-state index < -0.39 is 0 Å². The van der Waals surface area contributed by atoms with E-state index in [1.54, 1.807) is 12.4 Å². The average molecular weight is 251 g/mol. The summed E-state index contributed by atoms with van der Waals surface area (Å²) >= 11 is 6.01. The largest absolute Gasteiger partial charge is 0.369 e. The van der Waals surface area contributed by atoms with Crippen molar-refractivity contribution in [2.24, 2.45) is 5.92 Å². The Morgan fingerprint density at radius 2 is 2.35 bits per heavy atom. The molecule has 0 aliphatic rings. The van der Waals surface area contributed by atoms with E-state index in [0.29, 0.717) is 10.9 Å². The molecular weight excluding hydrogens is 236 g/mol. The second-order valence-corrected chi connectivity index (χ2v) is 4.49. The standard InChI is InChI=1S/C12H15ClN4/c1-10(8-17-6-5-14-9-17)7-16-12-11(13)3-2-4-15-12/h2-6,9-10H,7-8H2,1H3,(H,15,16). The minimum atomic E-state index is 0.474. The molecule has 0 radical (unpaired) electrons. The van der Waals surface area contributed by atoms with Gasteiger partial charge in [0.25, 0.3) is 0 Å². The summed E-state index contributed by atoms with van der Waals surface area (Å²) in [7, 11) is 0. The van der Waals surface area contributed by atoms with Gasteiger partial charge < -0.3 is 9.88 Å². The lowest BCUT2D eigenvalue weighted by atomic mass is 10.2. The number of hydrogen-bond acceptors (Lipinski definition) is 3. The minimum absolute atomic E-state index is 0.474. The summed E-state index contributed by atoms with van der Waals surface area (Å²) in [5.41, 5.74) is 0. The Bertz CT molecular complexity index is 455. The van der Waals surface area contributed by atoms with E-state index in [9.17, 15) is 0 Å². The van der Waals surface area contributed by atoms with Crippen molar-refractivity contribution < 1.29 is 0 Å². The lowest BCUT2D eigenvalue weighted by Crippen LogP contribution is -2.17. The maximum atomic E-state index is 6.01. The van der Waals surface area contributed by atoms with Gasteiger partial charge in [0.05, 0.1) is 11.3 Å². The van der Waals surface area contributed by atoms with E-state index in [1.165, 1.54) is 0 Å². The van der Waals surface area contributed by atoms with E-state index in [2.05, 4.69) is 26.8 Å². The van der Waals surface area contributed by atoms with E-state index in [1.807, 2.05) is 24.7 Å². The molecule has 0 bridgehead atoms. The van der Waals surface area contributed by atoms with Crippen molar-refractivity contribution in [1.29, 1.82) is 0 Å². The Kier molecular flexibility index (Phi) is 3.98. The summed E-state index contributed by atoms with van der Waals surface area (Å²) in [6.07, 6.45) is 7.30. The monoisotopic (exact) mass is 250 g/mol. The SMILES string of the molecule is CC(CNc1ncccc1Cl)Cn1ccnc1. The molecular formula is C12H15ClN4. The molecule has 0 fully saturated rings. The van der Waals surface area contributed by atoms with Crippen LogP contribution in [0.5, 0.6) is 0 Å². The van der Waals surface area contributed by atoms with Gasteiger partial charge in [0.15, 0.2) is 0 Å². The summed E-state index contributed by atoms with van der Waals surface area (Å²) < 4.78 is 2.06. The molecule has 0 amide bonds. The van der Waals surface area contributed by atoms with Gasteiger partial charge in [0, 0.05) is 31.7 Å². The maximum absolute atomic E-state index is 6.01. The summed E-state index contributed by atoms with van der Waals surface area (Å²) in [5.74, 6) is 1.22. The van der Waals surface area contributed by atoms with Crippen molar-refractivity contribution in [3.8, 4) is 0 Å². The number of nitrogens with one attached hydrogen (secondary N) is 1. The number of halogens is 1. The number of nitrogens with zero attached hydrogens (tertiary/aromatic N) is 3. The second kappa shape index (κ2) is 5.68. The molecule has 0 aliphatic heterocycles. The highest BCUT2D eigenvalue weighted by Crippen LogP contribution is 2.17. The highest BCUT2D eigenvalue weighted by atomic mass is 35.5. The topological polar surface area (TPSA) is 42.7 Å². The molecule has 1 atom stereocenters. The van der Waals surface area contributed by atoms with Crippen LogP contribution in [0.1, 0.15) is 6.92 Å². The Morgan fingerprint density at radius 1 is 1.47 bits per heavy atom. The van der Waals surface area contributed by atoms with Gasteiger partial charge in [-0.1, -0.05) is 18.5 Å². The normalized spacial score (nSPS) is 12.4. The van der Waals surface area contributed by atoms with Crippen molar-refractivity contribution in [1.82, 2.24) is 14.5 Å². The van der Waals surface area contributed by atoms with Crippen LogP contribution >= 0.6 is 11.6 Å². The Balaban J connectivity index is 1.84. The van der Waals surface area contributed by atoms with Crippen molar-refractivity contribution in [3.63, 3.8) is 0 Å². The van der Waals surface area contributed by atoms with Crippen LogP contribution in [-0.4, -0.2) is 21.1 Å². The summed E-state index contributed by atoms with van der Waals surface area (Å²) in [6.45, 7) is 3.93. The molecule has 2 aromatic rings. The van der Waals surface area contributed by atoms with Crippen LogP contribution in [0.25, 0.3) is 0 Å². The summed E-state index contributed by atoms with van der Waals surface area (Å²) in [5, 5.41) is 3.90. The predicted molar refractivity (Wildman–Crippen MR) is 69.1 cm³/mol. The first-order valence-corrected chi connectivity index (χ1v) is 5.93. The highest BCUT2D eigenvalue weighted by Gasteiger charge is 2.05. The fourth-order valence-electron chi connectivity index (χ4n) is 1.61. The maximum Gasteiger partial charge on any atom is 0.144 e. The molecule has 5 heteroatoms. The molecule has 90 valence electrons. The Labute approximate surface area is 106 Å². The zero-order chi connectivity index (χ0) is 12.1. The molecule has 2 heterocycles. The summed E-state index contributed by atoms with van der Waals surface area (Å²) in [4.78, 5) is 8.20. The molecule has 1 unspecified atom stereocenters. The third-order valence-corrected chi connectivity index (χ3v) is 2.76. The predicted octanol–water partition coefficient (Wildman–Crippen LogP) is 2.68. The van der Waals surface area contributed by atoms with Gasteiger partial charge in [-0.15, -0.1) is 0 Å². The number of pyridine rings is 1. The molecule has 0 spiro atoms. The first-order chi connectivity index (χ1) is 8.25. The van der Waals surface area contributed by atoms with E-state index in [4.69, 9.17) is 11.6 Å². The second-order valence-electron chi connectivity index (χ2n) is 4.08. The molecule has 0 saturated heterocycles. The minimum Gasteiger partial charge on any atom is -0.369 e. The van der Waals surface area contributed by atoms with Crippen molar-refractivity contribution in [2.45, 2.75) is 13.5 Å². The van der Waals surface area contributed by atoms with E-state index >= 15 is 0 Å². The molecule has 2 aromatic heterocycles. The van der Waals surface area contributed by atoms with E-state index in [-0.39, 0.29) is 0 Å². The first kappa shape index (κ1) is 11.9. The fraction of sp³-hybridized carbons (Fsp3) is 0.333. The number of aromatic nitrogens is 3. The summed E-state index contributed by atoms with van der Waals surface area (Å²) in [6, 6.07) is 3.65. The third kappa shape index (κ3) is 3.46. The molecule has 0 aliphatic carbocycles. The Morgan fingerprint density at radius 3 is 3.06 bits per heavy atom. The smallest absolute Gasteiger partial charge is 0.144 e. The van der Waals surface area contributed by atoms with Gasteiger partial charge in [-0.05, 0) is 18.1 Å². The lowest BCUT2D eigenvalue weighted by Gasteiger charge is -2.14. The Hall–Kier alpha value is -1.55. The number of hydrogen-bond donors (Lipinski definition) is 1. The van der Waals surface area contributed by atoms with E-state index in [0.717, 1.165) is 18.9 Å². The number of imidazole rings is 1. The van der Waals surface area contributed by atoms with Gasteiger partial charge in [0.2, 0.25) is 0 Å². The van der Waals surface area contributed by atoms with Crippen LogP contribution in [0.15, 0.2) is 37.1 Å². The van der Waals surface area contributed by atoms with Gasteiger partial charge in [-0.25, -0.2) is 9.97 Å². The zero-order valence-electron chi connectivity index (χ0n) is 9.68. The lowest BCUT2D eigenvalue weighted by molar-refractivity contribution is 0.502. The fourth-order valence-corrected chi connectivity index (χ4v) is 1.79. The van der Waals surface area contributed by atoms with Crippen LogP contribution in [0.3, 0.4) is 0 Å². The van der Waals surface area contributed by atoms with Crippen LogP contribution < -0.4 is 5.32 Å². The van der Waals surface area contributed by atoms with Gasteiger partial charge in [-0.2, -0.15) is 0 Å².